The van der Waals surface area contributed by atoms with Gasteiger partial charge in [-0.25, -0.2) is 13.8 Å². The molecule has 1 unspecified atom stereocenters. The molecular weight excluding hydrogens is 202 g/mol. The van der Waals surface area contributed by atoms with Gasteiger partial charge in [-0.3, -0.25) is 4.90 Å². The zero-order chi connectivity index (χ0) is 10.8. The molecule has 0 aliphatic carbocycles. The van der Waals surface area contributed by atoms with Crippen molar-refractivity contribution < 1.29 is 13.2 Å². The molecule has 1 aliphatic heterocycles. The first-order chi connectivity index (χ1) is 7.16. The van der Waals surface area contributed by atoms with Gasteiger partial charge in [-0.05, 0) is 19.9 Å². The summed E-state index contributed by atoms with van der Waals surface area (Å²) in [6.45, 7) is 3.64. The van der Waals surface area contributed by atoms with Gasteiger partial charge in [-0.2, -0.15) is 0 Å². The zero-order valence-corrected chi connectivity index (χ0v) is 8.62. The third kappa shape index (κ3) is 2.34. The van der Waals surface area contributed by atoms with Gasteiger partial charge in [0.05, 0.1) is 5.69 Å². The molecule has 1 fully saturated rings. The Labute approximate surface area is 87.1 Å². The normalized spacial score (nSPS) is 22.8. The molecule has 0 N–H and O–H groups in total. The number of likely N-dealkylation sites (tertiary alicyclic amines) is 1. The van der Waals surface area contributed by atoms with Crippen LogP contribution in [0.15, 0.2) is 10.8 Å². The van der Waals surface area contributed by atoms with Crippen molar-refractivity contribution in [3.8, 4) is 0 Å². The van der Waals surface area contributed by atoms with E-state index in [-0.39, 0.29) is 0 Å². The maximum atomic E-state index is 12.4. The van der Waals surface area contributed by atoms with E-state index in [4.69, 9.17) is 4.42 Å². The first kappa shape index (κ1) is 10.5. The molecule has 0 radical (unpaired) electrons. The Morgan fingerprint density at radius 2 is 2.47 bits per heavy atom. The lowest BCUT2D eigenvalue weighted by molar-refractivity contribution is 0.0802. The third-order valence-electron chi connectivity index (χ3n) is 2.88. The first-order valence-corrected chi connectivity index (χ1v) is 5.06. The molecule has 1 aromatic rings. The topological polar surface area (TPSA) is 29.3 Å². The highest BCUT2D eigenvalue weighted by molar-refractivity contribution is 5.04. The Morgan fingerprint density at radius 1 is 1.67 bits per heavy atom. The highest BCUT2D eigenvalue weighted by Crippen LogP contribution is 2.24. The largest absolute Gasteiger partial charge is 0.448 e. The molecule has 3 nitrogen and oxygen atoms in total. The number of oxazole rings is 1. The van der Waals surface area contributed by atoms with Gasteiger partial charge in [0.1, 0.15) is 5.76 Å². The van der Waals surface area contributed by atoms with Crippen molar-refractivity contribution in [2.24, 2.45) is 5.92 Å². The second-order valence-electron chi connectivity index (χ2n) is 3.97. The number of halogens is 2. The van der Waals surface area contributed by atoms with E-state index in [0.717, 1.165) is 18.0 Å². The van der Waals surface area contributed by atoms with Crippen LogP contribution in [0.2, 0.25) is 0 Å². The minimum atomic E-state index is -2.20. The van der Waals surface area contributed by atoms with Crippen LogP contribution in [-0.2, 0) is 6.54 Å². The fourth-order valence-electron chi connectivity index (χ4n) is 1.90. The molecule has 1 aromatic heterocycles. The first-order valence-electron chi connectivity index (χ1n) is 5.06. The fourth-order valence-corrected chi connectivity index (χ4v) is 1.90. The molecule has 15 heavy (non-hydrogen) atoms. The van der Waals surface area contributed by atoms with Crippen molar-refractivity contribution in [2.75, 3.05) is 13.1 Å². The maximum Gasteiger partial charge on any atom is 0.242 e. The van der Waals surface area contributed by atoms with Crippen LogP contribution >= 0.6 is 0 Å². The second kappa shape index (κ2) is 4.26. The SMILES string of the molecule is Cc1ocnc1CN1CCC(C(F)F)C1. The number of aryl methyl sites for hydroxylation is 1. The number of aromatic nitrogens is 1. The van der Waals surface area contributed by atoms with Gasteiger partial charge in [0.2, 0.25) is 6.43 Å². The minimum Gasteiger partial charge on any atom is -0.448 e. The summed E-state index contributed by atoms with van der Waals surface area (Å²) in [6.07, 6.45) is -0.228. The summed E-state index contributed by atoms with van der Waals surface area (Å²) < 4.78 is 29.9. The summed E-state index contributed by atoms with van der Waals surface area (Å²) in [6, 6.07) is 0. The number of rotatable bonds is 3. The Balaban J connectivity index is 1.90. The molecule has 2 rings (SSSR count). The van der Waals surface area contributed by atoms with Crippen molar-refractivity contribution in [1.82, 2.24) is 9.88 Å². The van der Waals surface area contributed by atoms with Gasteiger partial charge < -0.3 is 4.42 Å². The molecule has 0 bridgehead atoms. The lowest BCUT2D eigenvalue weighted by Crippen LogP contribution is -2.22. The Kier molecular flexibility index (Phi) is 3.00. The number of hydrogen-bond donors (Lipinski definition) is 0. The van der Waals surface area contributed by atoms with Crippen LogP contribution in [0.5, 0.6) is 0 Å². The number of hydrogen-bond acceptors (Lipinski definition) is 3. The van der Waals surface area contributed by atoms with Gasteiger partial charge in [0.25, 0.3) is 0 Å². The summed E-state index contributed by atoms with van der Waals surface area (Å²) in [5.41, 5.74) is 0.852. The van der Waals surface area contributed by atoms with Crippen molar-refractivity contribution in [2.45, 2.75) is 26.3 Å². The molecule has 1 aliphatic rings. The summed E-state index contributed by atoms with van der Waals surface area (Å²) in [5, 5.41) is 0. The Morgan fingerprint density at radius 3 is 3.00 bits per heavy atom. The van der Waals surface area contributed by atoms with Gasteiger partial charge in [0, 0.05) is 19.0 Å². The van der Waals surface area contributed by atoms with Crippen LogP contribution in [-0.4, -0.2) is 29.4 Å². The van der Waals surface area contributed by atoms with Crippen molar-refractivity contribution in [1.29, 1.82) is 0 Å². The molecule has 0 spiro atoms. The maximum absolute atomic E-state index is 12.4. The van der Waals surface area contributed by atoms with Crippen LogP contribution in [0.1, 0.15) is 17.9 Å². The van der Waals surface area contributed by atoms with E-state index in [1.54, 1.807) is 0 Å². The van der Waals surface area contributed by atoms with Crippen molar-refractivity contribution in [3.05, 3.63) is 17.8 Å². The average molecular weight is 216 g/mol. The fraction of sp³-hybridized carbons (Fsp3) is 0.700. The van der Waals surface area contributed by atoms with Gasteiger partial charge in [-0.1, -0.05) is 0 Å². The molecule has 0 saturated carbocycles. The van der Waals surface area contributed by atoms with Gasteiger partial charge >= 0.3 is 0 Å². The molecule has 84 valence electrons. The predicted octanol–water partition coefficient (Wildman–Crippen LogP) is 2.07. The zero-order valence-electron chi connectivity index (χ0n) is 8.62. The molecule has 5 heteroatoms. The van der Waals surface area contributed by atoms with E-state index < -0.39 is 12.3 Å². The average Bonchev–Trinajstić information content (AvgIpc) is 2.77. The summed E-state index contributed by atoms with van der Waals surface area (Å²) in [4.78, 5) is 6.05. The molecule has 1 saturated heterocycles. The molecule has 2 heterocycles. The van der Waals surface area contributed by atoms with E-state index in [1.165, 1.54) is 6.39 Å². The highest BCUT2D eigenvalue weighted by Gasteiger charge is 2.29. The molecule has 0 aromatic carbocycles. The van der Waals surface area contributed by atoms with E-state index in [2.05, 4.69) is 4.98 Å². The Bertz CT molecular complexity index is 327. The van der Waals surface area contributed by atoms with Crippen LogP contribution in [0.4, 0.5) is 8.78 Å². The quantitative estimate of drug-likeness (QED) is 0.774. The predicted molar refractivity (Wildman–Crippen MR) is 50.6 cm³/mol. The second-order valence-corrected chi connectivity index (χ2v) is 3.97. The van der Waals surface area contributed by atoms with E-state index >= 15 is 0 Å². The van der Waals surface area contributed by atoms with Crippen LogP contribution < -0.4 is 0 Å². The van der Waals surface area contributed by atoms with Crippen LogP contribution in [0.25, 0.3) is 0 Å². The highest BCUT2D eigenvalue weighted by atomic mass is 19.3. The molecular formula is C10H14F2N2O. The van der Waals surface area contributed by atoms with E-state index in [9.17, 15) is 8.78 Å². The number of nitrogens with zero attached hydrogens (tertiary/aromatic N) is 2. The van der Waals surface area contributed by atoms with E-state index in [1.807, 2.05) is 11.8 Å². The Hall–Kier alpha value is -0.970. The van der Waals surface area contributed by atoms with Gasteiger partial charge in [-0.15, -0.1) is 0 Å². The van der Waals surface area contributed by atoms with E-state index in [0.29, 0.717) is 19.5 Å². The van der Waals surface area contributed by atoms with Crippen LogP contribution in [0.3, 0.4) is 0 Å². The summed E-state index contributed by atoms with van der Waals surface area (Å²) in [5.74, 6) is 0.299. The molecule has 1 atom stereocenters. The summed E-state index contributed by atoms with van der Waals surface area (Å²) in [7, 11) is 0. The monoisotopic (exact) mass is 216 g/mol. The lowest BCUT2D eigenvalue weighted by atomic mass is 10.1. The minimum absolute atomic E-state index is 0.462. The lowest BCUT2D eigenvalue weighted by Gasteiger charge is -2.14. The van der Waals surface area contributed by atoms with Crippen molar-refractivity contribution in [3.63, 3.8) is 0 Å². The molecule has 0 amide bonds. The van der Waals surface area contributed by atoms with Crippen molar-refractivity contribution >= 4 is 0 Å². The standard InChI is InChI=1S/C10H14F2N2O/c1-7-9(13-6-15-7)5-14-3-2-8(4-14)10(11)12/h6,8,10H,2-5H2,1H3. The smallest absolute Gasteiger partial charge is 0.242 e. The number of alkyl halides is 2. The van der Waals surface area contributed by atoms with Crippen LogP contribution in [0, 0.1) is 12.8 Å². The summed E-state index contributed by atoms with van der Waals surface area (Å²) >= 11 is 0. The van der Waals surface area contributed by atoms with Gasteiger partial charge in [0.15, 0.2) is 6.39 Å². The third-order valence-corrected chi connectivity index (χ3v) is 2.88.